The van der Waals surface area contributed by atoms with Crippen LogP contribution in [-0.4, -0.2) is 21.4 Å². The summed E-state index contributed by atoms with van der Waals surface area (Å²) in [5, 5.41) is 18.9. The lowest BCUT2D eigenvalue weighted by Crippen LogP contribution is -2.18. The minimum atomic E-state index is -0.683. The van der Waals surface area contributed by atoms with Crippen LogP contribution < -0.4 is 0 Å². The maximum absolute atomic E-state index is 10.3. The Morgan fingerprint density at radius 1 is 1.19 bits per heavy atom. The average Bonchev–Trinajstić information content (AvgIpc) is 3.13. The lowest BCUT2D eigenvalue weighted by molar-refractivity contribution is 0.148. The van der Waals surface area contributed by atoms with Crippen LogP contribution in [0.15, 0.2) is 46.9 Å². The van der Waals surface area contributed by atoms with Crippen LogP contribution in [0.4, 0.5) is 5.69 Å². The van der Waals surface area contributed by atoms with Crippen molar-refractivity contribution in [3.05, 3.63) is 75.9 Å². The topological polar surface area (TPSA) is 63.5 Å². The first-order valence-corrected chi connectivity index (χ1v) is 8.61. The van der Waals surface area contributed by atoms with E-state index in [4.69, 9.17) is 22.6 Å². The van der Waals surface area contributed by atoms with Crippen molar-refractivity contribution in [2.75, 3.05) is 0 Å². The van der Waals surface area contributed by atoms with Crippen LogP contribution in [0.1, 0.15) is 29.9 Å². The van der Waals surface area contributed by atoms with E-state index in [1.165, 1.54) is 0 Å². The van der Waals surface area contributed by atoms with Gasteiger partial charge in [0, 0.05) is 5.56 Å². The van der Waals surface area contributed by atoms with Crippen molar-refractivity contribution in [3.63, 3.8) is 0 Å². The van der Waals surface area contributed by atoms with Crippen molar-refractivity contribution in [1.29, 1.82) is 0 Å². The summed E-state index contributed by atoms with van der Waals surface area (Å²) >= 11 is 6.26. The van der Waals surface area contributed by atoms with Gasteiger partial charge >= 0.3 is 0 Å². The van der Waals surface area contributed by atoms with Gasteiger partial charge in [-0.1, -0.05) is 41.9 Å². The zero-order valence-electron chi connectivity index (χ0n) is 14.5. The highest BCUT2D eigenvalue weighted by Gasteiger charge is 2.25. The summed E-state index contributed by atoms with van der Waals surface area (Å²) in [7, 11) is 0. The predicted molar refractivity (Wildman–Crippen MR) is 100 cm³/mol. The summed E-state index contributed by atoms with van der Waals surface area (Å²) < 4.78 is 5.82. The minimum Gasteiger partial charge on any atom is -0.420 e. The molecule has 0 spiro atoms. The molecule has 0 saturated heterocycles. The Morgan fingerprint density at radius 3 is 2.58 bits per heavy atom. The molecule has 2 atom stereocenters. The Bertz CT molecular complexity index is 945. The molecule has 26 heavy (non-hydrogen) atoms. The molecule has 0 bridgehead atoms. The van der Waals surface area contributed by atoms with Gasteiger partial charge in [-0.15, -0.1) is 10.2 Å². The van der Waals surface area contributed by atoms with Crippen molar-refractivity contribution in [2.45, 2.75) is 32.3 Å². The van der Waals surface area contributed by atoms with E-state index in [9.17, 15) is 5.11 Å². The molecule has 1 N–H and O–H groups in total. The van der Waals surface area contributed by atoms with Gasteiger partial charge in [0.05, 0.1) is 23.6 Å². The number of aromatic nitrogens is 2. The van der Waals surface area contributed by atoms with E-state index in [0.717, 1.165) is 16.7 Å². The molecule has 0 unspecified atom stereocenters. The molecule has 0 aliphatic heterocycles. The van der Waals surface area contributed by atoms with Crippen LogP contribution >= 0.6 is 11.6 Å². The highest BCUT2D eigenvalue weighted by molar-refractivity contribution is 6.34. The van der Waals surface area contributed by atoms with Crippen molar-refractivity contribution in [3.8, 4) is 11.5 Å². The molecule has 0 aliphatic carbocycles. The number of aliphatic hydroxyl groups is 1. The Labute approximate surface area is 157 Å². The SMILES string of the molecule is [C-]#[N+]c1ccc(C[C@@H](c2nnc(-c3ccccc3)o2)[C@@H](C)O)c(C)c1Cl. The largest absolute Gasteiger partial charge is 0.420 e. The van der Waals surface area contributed by atoms with E-state index in [2.05, 4.69) is 15.0 Å². The van der Waals surface area contributed by atoms with Crippen molar-refractivity contribution in [2.24, 2.45) is 0 Å². The number of halogens is 1. The molecule has 0 saturated carbocycles. The van der Waals surface area contributed by atoms with E-state index >= 15 is 0 Å². The smallest absolute Gasteiger partial charge is 0.247 e. The highest BCUT2D eigenvalue weighted by atomic mass is 35.5. The number of aliphatic hydroxyl groups excluding tert-OH is 1. The Kier molecular flexibility index (Phi) is 5.36. The van der Waals surface area contributed by atoms with Gasteiger partial charge in [-0.05, 0) is 43.5 Å². The Balaban J connectivity index is 1.91. The molecule has 132 valence electrons. The number of nitrogens with zero attached hydrogens (tertiary/aromatic N) is 3. The van der Waals surface area contributed by atoms with Crippen LogP contribution in [0.3, 0.4) is 0 Å². The molecule has 1 aromatic heterocycles. The lowest BCUT2D eigenvalue weighted by Gasteiger charge is -2.18. The van der Waals surface area contributed by atoms with Gasteiger partial charge < -0.3 is 9.52 Å². The maximum atomic E-state index is 10.3. The maximum Gasteiger partial charge on any atom is 0.247 e. The van der Waals surface area contributed by atoms with E-state index in [1.54, 1.807) is 13.0 Å². The van der Waals surface area contributed by atoms with Gasteiger partial charge in [0.15, 0.2) is 0 Å². The third-order valence-electron chi connectivity index (χ3n) is 4.40. The molecule has 0 aliphatic rings. The summed E-state index contributed by atoms with van der Waals surface area (Å²) in [5.41, 5.74) is 3.02. The summed E-state index contributed by atoms with van der Waals surface area (Å²) in [6.07, 6.45) is -0.199. The monoisotopic (exact) mass is 367 g/mol. The zero-order valence-corrected chi connectivity index (χ0v) is 15.2. The summed E-state index contributed by atoms with van der Waals surface area (Å²) in [6.45, 7) is 10.7. The highest BCUT2D eigenvalue weighted by Crippen LogP contribution is 2.34. The fraction of sp³-hybridized carbons (Fsp3) is 0.250. The summed E-state index contributed by atoms with van der Waals surface area (Å²) in [5.74, 6) is 0.432. The first-order valence-electron chi connectivity index (χ1n) is 8.23. The minimum absolute atomic E-state index is 0.367. The Hall–Kier alpha value is -2.68. The van der Waals surface area contributed by atoms with Gasteiger partial charge in [-0.3, -0.25) is 0 Å². The Morgan fingerprint density at radius 2 is 1.92 bits per heavy atom. The van der Waals surface area contributed by atoms with Gasteiger partial charge in [0.1, 0.15) is 0 Å². The number of hydrogen-bond acceptors (Lipinski definition) is 4. The fourth-order valence-electron chi connectivity index (χ4n) is 2.80. The first-order chi connectivity index (χ1) is 12.5. The van der Waals surface area contributed by atoms with Crippen LogP contribution in [-0.2, 0) is 6.42 Å². The second-order valence-electron chi connectivity index (χ2n) is 6.16. The molecule has 5 nitrogen and oxygen atoms in total. The second kappa shape index (κ2) is 7.69. The lowest BCUT2D eigenvalue weighted by atomic mass is 9.92. The van der Waals surface area contributed by atoms with Gasteiger partial charge in [-0.2, -0.15) is 0 Å². The number of benzene rings is 2. The van der Waals surface area contributed by atoms with E-state index in [-0.39, 0.29) is 5.92 Å². The number of rotatable bonds is 5. The molecule has 0 amide bonds. The van der Waals surface area contributed by atoms with Crippen LogP contribution in [0, 0.1) is 13.5 Å². The van der Waals surface area contributed by atoms with Crippen molar-refractivity contribution < 1.29 is 9.52 Å². The third-order valence-corrected chi connectivity index (χ3v) is 4.88. The van der Waals surface area contributed by atoms with E-state index in [0.29, 0.717) is 28.9 Å². The van der Waals surface area contributed by atoms with Gasteiger partial charge in [0.25, 0.3) is 0 Å². The average molecular weight is 368 g/mol. The molecular weight excluding hydrogens is 350 g/mol. The molecule has 0 radical (unpaired) electrons. The molecule has 0 fully saturated rings. The fourth-order valence-corrected chi connectivity index (χ4v) is 3.03. The second-order valence-corrected chi connectivity index (χ2v) is 6.54. The van der Waals surface area contributed by atoms with Crippen molar-refractivity contribution in [1.82, 2.24) is 10.2 Å². The van der Waals surface area contributed by atoms with Gasteiger partial charge in [0.2, 0.25) is 17.5 Å². The standard InChI is InChI=1S/C20H18ClN3O2/c1-12-15(9-10-17(22-3)18(12)21)11-16(13(2)25)20-24-23-19(26-20)14-7-5-4-6-8-14/h4-10,13,16,25H,11H2,1-2H3/t13-,16-/m1/s1. The predicted octanol–water partition coefficient (Wildman–Crippen LogP) is 4.96. The molecule has 2 aromatic carbocycles. The summed E-state index contributed by atoms with van der Waals surface area (Å²) in [6, 6.07) is 13.0. The normalized spacial score (nSPS) is 13.2. The van der Waals surface area contributed by atoms with Crippen LogP contribution in [0.2, 0.25) is 5.02 Å². The zero-order chi connectivity index (χ0) is 18.7. The van der Waals surface area contributed by atoms with Crippen LogP contribution in [0.5, 0.6) is 0 Å². The summed E-state index contributed by atoms with van der Waals surface area (Å²) in [4.78, 5) is 3.41. The number of hydrogen-bond donors (Lipinski definition) is 1. The molecular formula is C20H18ClN3O2. The molecule has 3 rings (SSSR count). The molecule has 6 heteroatoms. The van der Waals surface area contributed by atoms with Crippen LogP contribution in [0.25, 0.3) is 16.3 Å². The molecule has 1 heterocycles. The van der Waals surface area contributed by atoms with Crippen molar-refractivity contribution >= 4 is 17.3 Å². The quantitative estimate of drug-likeness (QED) is 0.647. The van der Waals surface area contributed by atoms with E-state index < -0.39 is 6.10 Å². The molecule has 3 aromatic rings. The van der Waals surface area contributed by atoms with E-state index in [1.807, 2.05) is 43.3 Å². The first kappa shape index (κ1) is 18.1. The van der Waals surface area contributed by atoms with Gasteiger partial charge in [-0.25, -0.2) is 4.85 Å². The third kappa shape index (κ3) is 3.62.